The summed E-state index contributed by atoms with van der Waals surface area (Å²) in [5, 5.41) is 8.84. The van der Waals surface area contributed by atoms with Crippen molar-refractivity contribution in [3.63, 3.8) is 0 Å². The second-order valence-corrected chi connectivity index (χ2v) is 11.4. The monoisotopic (exact) mass is 645 g/mol. The number of aliphatic imine (C=N–C) groups is 1. The molecule has 0 radical (unpaired) electrons. The number of halogens is 1. The van der Waals surface area contributed by atoms with Gasteiger partial charge in [-0.2, -0.15) is 0 Å². The summed E-state index contributed by atoms with van der Waals surface area (Å²) in [6, 6.07) is 18.0. The van der Waals surface area contributed by atoms with Gasteiger partial charge in [0, 0.05) is 22.1 Å². The first-order chi connectivity index (χ1) is 22.1. The fourth-order valence-electron chi connectivity index (χ4n) is 5.95. The Kier molecular flexibility index (Phi) is 7.95. The van der Waals surface area contributed by atoms with E-state index in [2.05, 4.69) is 10.3 Å². The van der Waals surface area contributed by atoms with Gasteiger partial charge in [-0.15, -0.1) is 5.10 Å². The van der Waals surface area contributed by atoms with Crippen LogP contribution in [0.15, 0.2) is 71.9 Å². The number of fused-ring (bicyclic) bond motifs is 2. The van der Waals surface area contributed by atoms with Crippen LogP contribution in [0.25, 0.3) is 5.69 Å². The first kappa shape index (κ1) is 31.1. The quantitative estimate of drug-likeness (QED) is 0.237. The number of ether oxygens (including phenoxy) is 5. The highest BCUT2D eigenvalue weighted by Crippen LogP contribution is 2.56. The predicted molar refractivity (Wildman–Crippen MR) is 169 cm³/mol. The Morgan fingerprint density at radius 2 is 1.67 bits per heavy atom. The topological polar surface area (TPSA) is 127 Å². The highest BCUT2D eigenvalue weighted by Gasteiger charge is 2.67. The average molecular weight is 646 g/mol. The van der Waals surface area contributed by atoms with Crippen molar-refractivity contribution >= 4 is 34.9 Å². The maximum atomic E-state index is 15.0. The second kappa shape index (κ2) is 11.8. The van der Waals surface area contributed by atoms with Crippen LogP contribution in [0, 0.1) is 5.92 Å². The highest BCUT2D eigenvalue weighted by atomic mass is 35.5. The number of hydrogen-bond acceptors (Lipinski definition) is 10. The van der Waals surface area contributed by atoms with E-state index in [4.69, 9.17) is 40.3 Å². The molecule has 1 amide bonds. The van der Waals surface area contributed by atoms with Crippen molar-refractivity contribution < 1.29 is 33.3 Å². The van der Waals surface area contributed by atoms with Crippen molar-refractivity contribution in [1.29, 1.82) is 0 Å². The number of carbonyl (C=O) groups is 2. The lowest BCUT2D eigenvalue weighted by atomic mass is 9.86. The number of aromatic nitrogens is 3. The number of anilines is 1. The van der Waals surface area contributed by atoms with Crippen LogP contribution in [-0.2, 0) is 31.2 Å². The standard InChI is InChI=1S/C33H32ClN5O7/c1-19(2)33(31(41)45-6)35-29(20-15-25(42-3)28(44-5)26(16-20)43-4)32(46-33)27-23(34)13-10-14-24(27)38(30(32)40)17-21-18-39(37-36-21)22-11-8-7-9-12-22/h7-16,18-19H,17H2,1-6H3/t32-,33-/m0/s1. The fraction of sp³-hybridized carbons (Fsp3) is 0.303. The molecule has 3 aromatic carbocycles. The summed E-state index contributed by atoms with van der Waals surface area (Å²) >= 11 is 6.93. The molecule has 4 aromatic rings. The Balaban J connectivity index is 1.57. The van der Waals surface area contributed by atoms with Gasteiger partial charge in [-0.1, -0.05) is 54.9 Å². The molecular weight excluding hydrogens is 614 g/mol. The van der Waals surface area contributed by atoms with Gasteiger partial charge in [0.1, 0.15) is 5.69 Å². The molecule has 0 unspecified atom stereocenters. The number of para-hydroxylation sites is 1. The molecule has 0 saturated heterocycles. The molecular formula is C33H32ClN5O7. The van der Waals surface area contributed by atoms with Crippen LogP contribution in [0.1, 0.15) is 30.7 Å². The Labute approximate surface area is 270 Å². The molecule has 3 heterocycles. The van der Waals surface area contributed by atoms with E-state index in [1.807, 2.05) is 30.3 Å². The highest BCUT2D eigenvalue weighted by molar-refractivity contribution is 6.36. The Bertz CT molecular complexity index is 1840. The number of methoxy groups -OCH3 is 4. The van der Waals surface area contributed by atoms with Gasteiger partial charge in [-0.05, 0) is 36.4 Å². The number of rotatable bonds is 9. The zero-order chi connectivity index (χ0) is 32.8. The Hall–Kier alpha value is -4.94. The van der Waals surface area contributed by atoms with Crippen molar-refractivity contribution in [2.45, 2.75) is 31.7 Å². The summed E-state index contributed by atoms with van der Waals surface area (Å²) < 4.78 is 30.4. The van der Waals surface area contributed by atoms with E-state index in [0.29, 0.717) is 39.8 Å². The maximum absolute atomic E-state index is 15.0. The first-order valence-corrected chi connectivity index (χ1v) is 14.8. The average Bonchev–Trinajstić information content (AvgIpc) is 3.76. The number of carbonyl (C=O) groups excluding carboxylic acids is 2. The second-order valence-electron chi connectivity index (χ2n) is 11.0. The van der Waals surface area contributed by atoms with Crippen LogP contribution in [0.4, 0.5) is 5.69 Å². The summed E-state index contributed by atoms with van der Waals surface area (Å²) in [6.45, 7) is 3.55. The summed E-state index contributed by atoms with van der Waals surface area (Å²) in [6.07, 6.45) is 1.74. The third-order valence-corrected chi connectivity index (χ3v) is 8.50. The number of esters is 1. The predicted octanol–water partition coefficient (Wildman–Crippen LogP) is 4.73. The Morgan fingerprint density at radius 1 is 0.978 bits per heavy atom. The molecule has 0 aliphatic carbocycles. The van der Waals surface area contributed by atoms with Crippen LogP contribution in [0.2, 0.25) is 5.02 Å². The van der Waals surface area contributed by atoms with Crippen LogP contribution >= 0.6 is 11.6 Å². The molecule has 2 aliphatic heterocycles. The van der Waals surface area contributed by atoms with E-state index in [0.717, 1.165) is 5.69 Å². The smallest absolute Gasteiger partial charge is 0.361 e. The lowest BCUT2D eigenvalue weighted by Gasteiger charge is -2.32. The minimum absolute atomic E-state index is 0.0273. The molecule has 2 aliphatic rings. The molecule has 0 fully saturated rings. The lowest BCUT2D eigenvalue weighted by Crippen LogP contribution is -2.51. The first-order valence-electron chi connectivity index (χ1n) is 14.4. The number of hydrogen-bond donors (Lipinski definition) is 0. The number of benzene rings is 3. The van der Waals surface area contributed by atoms with Gasteiger partial charge >= 0.3 is 5.97 Å². The molecule has 0 N–H and O–H groups in total. The third kappa shape index (κ3) is 4.59. The number of nitrogens with zero attached hydrogens (tertiary/aromatic N) is 5. The molecule has 238 valence electrons. The van der Waals surface area contributed by atoms with E-state index in [1.54, 1.807) is 55.1 Å². The van der Waals surface area contributed by atoms with E-state index in [9.17, 15) is 4.79 Å². The van der Waals surface area contributed by atoms with Crippen LogP contribution < -0.4 is 19.1 Å². The summed E-state index contributed by atoms with van der Waals surface area (Å²) in [5.41, 5.74) is -1.24. The summed E-state index contributed by atoms with van der Waals surface area (Å²) in [5.74, 6) is -0.888. The van der Waals surface area contributed by atoms with Gasteiger partial charge in [-0.25, -0.2) is 14.5 Å². The van der Waals surface area contributed by atoms with Crippen molar-refractivity contribution in [2.75, 3.05) is 33.3 Å². The van der Waals surface area contributed by atoms with E-state index < -0.39 is 29.1 Å². The van der Waals surface area contributed by atoms with Crippen LogP contribution in [-0.4, -0.2) is 66.7 Å². The van der Waals surface area contributed by atoms with Crippen molar-refractivity contribution in [2.24, 2.45) is 10.9 Å². The van der Waals surface area contributed by atoms with Gasteiger partial charge in [0.15, 0.2) is 11.5 Å². The minimum atomic E-state index is -1.97. The lowest BCUT2D eigenvalue weighted by molar-refractivity contribution is -0.187. The molecule has 0 bridgehead atoms. The maximum Gasteiger partial charge on any atom is 0.361 e. The molecule has 1 aromatic heterocycles. The van der Waals surface area contributed by atoms with Crippen molar-refractivity contribution in [1.82, 2.24) is 15.0 Å². The van der Waals surface area contributed by atoms with Gasteiger partial charge in [-0.3, -0.25) is 4.79 Å². The van der Waals surface area contributed by atoms with Gasteiger partial charge in [0.2, 0.25) is 11.4 Å². The van der Waals surface area contributed by atoms with E-state index in [-0.39, 0.29) is 17.3 Å². The molecule has 13 heteroatoms. The fourth-order valence-corrected chi connectivity index (χ4v) is 6.26. The normalized spacial score (nSPS) is 20.2. The van der Waals surface area contributed by atoms with Gasteiger partial charge < -0.3 is 28.6 Å². The summed E-state index contributed by atoms with van der Waals surface area (Å²) in [4.78, 5) is 35.0. The molecule has 0 saturated carbocycles. The van der Waals surface area contributed by atoms with Gasteiger partial charge in [0.05, 0.1) is 58.3 Å². The summed E-state index contributed by atoms with van der Waals surface area (Å²) in [7, 11) is 5.69. The molecule has 1 spiro atoms. The van der Waals surface area contributed by atoms with Gasteiger partial charge in [0.25, 0.3) is 11.6 Å². The van der Waals surface area contributed by atoms with Crippen LogP contribution in [0.3, 0.4) is 0 Å². The SMILES string of the molecule is COC(=O)[C@@]1(C(C)C)N=C(c2cc(OC)c(OC)c(OC)c2)[C@]2(O1)C(=O)N(Cc1cn(-c3ccccc3)nn1)c1cccc(Cl)c12. The van der Waals surface area contributed by atoms with Crippen LogP contribution in [0.5, 0.6) is 17.2 Å². The van der Waals surface area contributed by atoms with E-state index >= 15 is 4.79 Å². The zero-order valence-electron chi connectivity index (χ0n) is 26.1. The minimum Gasteiger partial charge on any atom is -0.493 e. The molecule has 2 atom stereocenters. The number of amides is 1. The largest absolute Gasteiger partial charge is 0.493 e. The third-order valence-electron chi connectivity index (χ3n) is 8.18. The zero-order valence-corrected chi connectivity index (χ0v) is 26.9. The van der Waals surface area contributed by atoms with Crippen molar-refractivity contribution in [3.05, 3.63) is 88.7 Å². The molecule has 6 rings (SSSR count). The van der Waals surface area contributed by atoms with Crippen molar-refractivity contribution in [3.8, 4) is 22.9 Å². The molecule has 46 heavy (non-hydrogen) atoms. The Morgan fingerprint density at radius 3 is 2.28 bits per heavy atom. The molecule has 12 nitrogen and oxygen atoms in total. The van der Waals surface area contributed by atoms with E-state index in [1.165, 1.54) is 33.3 Å².